The number of nitrogens with two attached hydrogens (primary N) is 1. The molecule has 0 aliphatic rings. The van der Waals surface area contributed by atoms with Gasteiger partial charge in [0.1, 0.15) is 0 Å². The van der Waals surface area contributed by atoms with Crippen LogP contribution in [0.3, 0.4) is 0 Å². The van der Waals surface area contributed by atoms with Crippen LogP contribution in [0, 0.1) is 0 Å². The zero-order valence-corrected chi connectivity index (χ0v) is 11.2. The maximum Gasteiger partial charge on any atom is 0.0867 e. The summed E-state index contributed by atoms with van der Waals surface area (Å²) in [6.45, 7) is 0.527. The number of H-pyrrole nitrogens is 1. The first kappa shape index (κ1) is 11.4. The second kappa shape index (κ2) is 4.55. The number of benzene rings is 1. The van der Waals surface area contributed by atoms with Crippen molar-refractivity contribution in [3.8, 4) is 11.4 Å². The van der Waals surface area contributed by atoms with Gasteiger partial charge in [0.05, 0.1) is 16.9 Å². The number of hydrogen-bond acceptors (Lipinski definition) is 2. The van der Waals surface area contributed by atoms with Crippen LogP contribution in [-0.2, 0) is 6.54 Å². The lowest BCUT2D eigenvalue weighted by Crippen LogP contribution is -1.97. The van der Waals surface area contributed by atoms with Crippen LogP contribution in [0.2, 0.25) is 0 Å². The zero-order valence-electron chi connectivity index (χ0n) is 9.65. The van der Waals surface area contributed by atoms with Gasteiger partial charge in [-0.15, -0.1) is 0 Å². The van der Waals surface area contributed by atoms with Crippen molar-refractivity contribution in [1.29, 1.82) is 0 Å². The highest BCUT2D eigenvalue weighted by Gasteiger charge is 2.06. The summed E-state index contributed by atoms with van der Waals surface area (Å²) < 4.78 is 1.06. The van der Waals surface area contributed by atoms with E-state index in [0.717, 1.165) is 26.9 Å². The van der Waals surface area contributed by atoms with Crippen LogP contribution in [0.25, 0.3) is 22.3 Å². The highest BCUT2D eigenvalue weighted by molar-refractivity contribution is 9.10. The van der Waals surface area contributed by atoms with Crippen LogP contribution in [0.5, 0.6) is 0 Å². The number of nitrogens with zero attached hydrogens (tertiary/aromatic N) is 1. The summed E-state index contributed by atoms with van der Waals surface area (Å²) in [4.78, 5) is 7.76. The summed E-state index contributed by atoms with van der Waals surface area (Å²) in [5, 5.41) is 1.17. The molecule has 0 aliphatic heterocycles. The Morgan fingerprint density at radius 1 is 1.22 bits per heavy atom. The average molecular weight is 302 g/mol. The minimum absolute atomic E-state index is 0.527. The molecule has 18 heavy (non-hydrogen) atoms. The van der Waals surface area contributed by atoms with Crippen LogP contribution in [0.1, 0.15) is 5.56 Å². The standard InChI is InChI=1S/C14H12BrN3/c15-11-3-1-2-10-7-13(18-14(10)11)12-6-9(8-16)4-5-17-12/h1-7,18H,8,16H2. The van der Waals surface area contributed by atoms with Gasteiger partial charge in [-0.25, -0.2) is 0 Å². The van der Waals surface area contributed by atoms with E-state index in [2.05, 4.69) is 38.0 Å². The van der Waals surface area contributed by atoms with Gasteiger partial charge in [0, 0.05) is 22.6 Å². The van der Waals surface area contributed by atoms with Crippen LogP contribution in [-0.4, -0.2) is 9.97 Å². The third kappa shape index (κ3) is 1.94. The summed E-state index contributed by atoms with van der Waals surface area (Å²) >= 11 is 3.54. The predicted octanol–water partition coefficient (Wildman–Crippen LogP) is 3.45. The van der Waals surface area contributed by atoms with E-state index in [-0.39, 0.29) is 0 Å². The highest BCUT2D eigenvalue weighted by atomic mass is 79.9. The molecule has 3 rings (SSSR count). The van der Waals surface area contributed by atoms with Gasteiger partial charge in [-0.3, -0.25) is 4.98 Å². The van der Waals surface area contributed by atoms with Crippen molar-refractivity contribution < 1.29 is 0 Å². The molecule has 0 bridgehead atoms. The molecule has 0 spiro atoms. The minimum atomic E-state index is 0.527. The maximum absolute atomic E-state index is 5.65. The molecular weight excluding hydrogens is 290 g/mol. The second-order valence-corrected chi connectivity index (χ2v) is 4.99. The van der Waals surface area contributed by atoms with Gasteiger partial charge in [-0.05, 0) is 45.8 Å². The quantitative estimate of drug-likeness (QED) is 0.762. The fraction of sp³-hybridized carbons (Fsp3) is 0.0714. The third-order valence-corrected chi connectivity index (χ3v) is 3.60. The van der Waals surface area contributed by atoms with Crippen LogP contribution < -0.4 is 5.73 Å². The summed E-state index contributed by atoms with van der Waals surface area (Å²) in [5.41, 5.74) is 9.75. The molecule has 3 N–H and O–H groups in total. The minimum Gasteiger partial charge on any atom is -0.352 e. The normalized spacial score (nSPS) is 11.0. The SMILES string of the molecule is NCc1ccnc(-c2cc3cccc(Br)c3[nH]2)c1. The summed E-state index contributed by atoms with van der Waals surface area (Å²) in [7, 11) is 0. The molecule has 0 atom stereocenters. The van der Waals surface area contributed by atoms with Crippen molar-refractivity contribution in [2.45, 2.75) is 6.54 Å². The number of hydrogen-bond donors (Lipinski definition) is 2. The van der Waals surface area contributed by atoms with Crippen molar-refractivity contribution in [1.82, 2.24) is 9.97 Å². The molecule has 3 aromatic rings. The van der Waals surface area contributed by atoms with E-state index in [1.807, 2.05) is 24.3 Å². The number of aromatic nitrogens is 2. The Morgan fingerprint density at radius 2 is 2.11 bits per heavy atom. The summed E-state index contributed by atoms with van der Waals surface area (Å²) in [6.07, 6.45) is 1.79. The van der Waals surface area contributed by atoms with Gasteiger partial charge in [-0.2, -0.15) is 0 Å². The van der Waals surface area contributed by atoms with Crippen LogP contribution in [0.15, 0.2) is 47.1 Å². The molecule has 0 fully saturated rings. The number of para-hydroxylation sites is 1. The lowest BCUT2D eigenvalue weighted by atomic mass is 10.2. The molecular formula is C14H12BrN3. The van der Waals surface area contributed by atoms with Gasteiger partial charge in [0.15, 0.2) is 0 Å². The van der Waals surface area contributed by atoms with Crippen molar-refractivity contribution in [3.63, 3.8) is 0 Å². The monoisotopic (exact) mass is 301 g/mol. The first-order valence-corrected chi connectivity index (χ1v) is 6.50. The molecule has 0 unspecified atom stereocenters. The summed E-state index contributed by atoms with van der Waals surface area (Å²) in [5.74, 6) is 0. The largest absolute Gasteiger partial charge is 0.352 e. The Labute approximate surface area is 113 Å². The molecule has 90 valence electrons. The first-order valence-electron chi connectivity index (χ1n) is 5.70. The number of fused-ring (bicyclic) bond motifs is 1. The topological polar surface area (TPSA) is 54.7 Å². The fourth-order valence-corrected chi connectivity index (χ4v) is 2.49. The van der Waals surface area contributed by atoms with E-state index in [1.165, 1.54) is 5.39 Å². The second-order valence-electron chi connectivity index (χ2n) is 4.14. The zero-order chi connectivity index (χ0) is 12.5. The Kier molecular flexibility index (Phi) is 2.89. The number of rotatable bonds is 2. The summed E-state index contributed by atoms with van der Waals surface area (Å²) in [6, 6.07) is 12.2. The van der Waals surface area contributed by atoms with Crippen molar-refractivity contribution in [2.75, 3.05) is 0 Å². The van der Waals surface area contributed by atoms with Crippen LogP contribution >= 0.6 is 15.9 Å². The first-order chi connectivity index (χ1) is 8.78. The van der Waals surface area contributed by atoms with Gasteiger partial charge < -0.3 is 10.7 Å². The van der Waals surface area contributed by atoms with Gasteiger partial charge in [0.2, 0.25) is 0 Å². The van der Waals surface area contributed by atoms with Crippen molar-refractivity contribution >= 4 is 26.8 Å². The Morgan fingerprint density at radius 3 is 2.89 bits per heavy atom. The van der Waals surface area contributed by atoms with Crippen molar-refractivity contribution in [2.24, 2.45) is 5.73 Å². The molecule has 0 amide bonds. The number of nitrogens with one attached hydrogen (secondary N) is 1. The maximum atomic E-state index is 5.65. The molecule has 0 radical (unpaired) electrons. The smallest absolute Gasteiger partial charge is 0.0867 e. The molecule has 4 heteroatoms. The Balaban J connectivity index is 2.16. The average Bonchev–Trinajstić information content (AvgIpc) is 2.84. The third-order valence-electron chi connectivity index (χ3n) is 2.94. The van der Waals surface area contributed by atoms with E-state index in [4.69, 9.17) is 5.73 Å². The molecule has 0 aliphatic carbocycles. The number of halogens is 1. The van der Waals surface area contributed by atoms with E-state index in [9.17, 15) is 0 Å². The molecule has 2 aromatic heterocycles. The van der Waals surface area contributed by atoms with Gasteiger partial charge in [0.25, 0.3) is 0 Å². The van der Waals surface area contributed by atoms with E-state index in [1.54, 1.807) is 6.20 Å². The Bertz CT molecular complexity index is 703. The Hall–Kier alpha value is -1.65. The number of aromatic amines is 1. The van der Waals surface area contributed by atoms with Crippen molar-refractivity contribution in [3.05, 3.63) is 52.6 Å². The molecule has 0 saturated carbocycles. The lowest BCUT2D eigenvalue weighted by molar-refractivity contribution is 1.06. The molecule has 0 saturated heterocycles. The molecule has 3 nitrogen and oxygen atoms in total. The van der Waals surface area contributed by atoms with E-state index >= 15 is 0 Å². The van der Waals surface area contributed by atoms with Crippen LogP contribution in [0.4, 0.5) is 0 Å². The highest BCUT2D eigenvalue weighted by Crippen LogP contribution is 2.28. The number of pyridine rings is 1. The molecule has 1 aromatic carbocycles. The van der Waals surface area contributed by atoms with Gasteiger partial charge in [-0.1, -0.05) is 12.1 Å². The lowest BCUT2D eigenvalue weighted by Gasteiger charge is -2.00. The predicted molar refractivity (Wildman–Crippen MR) is 77.1 cm³/mol. The van der Waals surface area contributed by atoms with Gasteiger partial charge >= 0.3 is 0 Å². The van der Waals surface area contributed by atoms with E-state index in [0.29, 0.717) is 6.54 Å². The van der Waals surface area contributed by atoms with E-state index < -0.39 is 0 Å². The molecule has 2 heterocycles. The fourth-order valence-electron chi connectivity index (χ4n) is 2.01.